The van der Waals surface area contributed by atoms with Gasteiger partial charge in [0.25, 0.3) is 11.8 Å². The molecule has 1 aromatic carbocycles. The minimum absolute atomic E-state index is 0.00304. The smallest absolute Gasteiger partial charge is 0.307 e. The molecule has 2 saturated heterocycles. The maximum Gasteiger partial charge on any atom is 0.307 e. The number of carbonyl (C=O) groups is 3. The van der Waals surface area contributed by atoms with Gasteiger partial charge in [0.1, 0.15) is 47.1 Å². The predicted octanol–water partition coefficient (Wildman–Crippen LogP) is 0.792. The van der Waals surface area contributed by atoms with E-state index in [2.05, 4.69) is 20.6 Å². The van der Waals surface area contributed by atoms with E-state index in [9.17, 15) is 19.5 Å². The van der Waals surface area contributed by atoms with Gasteiger partial charge in [-0.1, -0.05) is 40.2 Å². The molecule has 6 heterocycles. The third kappa shape index (κ3) is 6.29. The number of benzene rings is 1. The quantitative estimate of drug-likeness (QED) is 0.0974. The Balaban J connectivity index is 1.05. The van der Waals surface area contributed by atoms with E-state index in [1.165, 1.54) is 24.9 Å². The summed E-state index contributed by atoms with van der Waals surface area (Å²) < 4.78 is 20.7. The van der Waals surface area contributed by atoms with Gasteiger partial charge in [-0.3, -0.25) is 19.5 Å². The fourth-order valence-corrected chi connectivity index (χ4v) is 8.43. The third-order valence-corrected chi connectivity index (χ3v) is 11.0. The highest BCUT2D eigenvalue weighted by Gasteiger charge is 2.53. The first kappa shape index (κ1) is 33.6. The van der Waals surface area contributed by atoms with Crippen LogP contribution in [0.15, 0.2) is 64.4 Å². The van der Waals surface area contributed by atoms with E-state index in [1.54, 1.807) is 29.4 Å². The number of rotatable bonds is 11. The SMILES string of the molecule is CO/N=C(\C(=O)N[C@@H]1C(=O)N2C(C(=O)[O-])=C(Cn3ccc4n3cc[n+]4Cc3ccc(C=NN4CCCC4)cc3F)CS[C@H]12)c1nc(N)sc1Cl. The van der Waals surface area contributed by atoms with Gasteiger partial charge in [0, 0.05) is 24.4 Å². The fraction of sp³-hybridized carbons (Fsp3) is 0.323. The minimum atomic E-state index is -1.51. The number of thiazole rings is 1. The van der Waals surface area contributed by atoms with Crippen molar-refractivity contribution in [3.05, 3.63) is 81.1 Å². The Morgan fingerprint density at radius 2 is 2.08 bits per heavy atom. The van der Waals surface area contributed by atoms with Crippen molar-refractivity contribution in [2.45, 2.75) is 37.3 Å². The topological polar surface area (TPSA) is 179 Å². The standard InChI is InChI=1S/C31H30ClFN10O5S2/c1-48-38-23(22-26(32)50-31(34)37-22)27(44)36-24-28(45)43-25(30(46)47)19(16-49-29(24)43)15-41-9-6-21-39(10-11-42(21)41)14-18-5-4-17(12-20(18)33)13-35-40-7-2-3-8-40/h4-6,9-13,24,29H,2-3,7-8,14-16H2,1H3,(H3-,34,36,37,44,46,47)/b35-13?,38-23-/t24-,29-/m1/s1. The number of fused-ring (bicyclic) bond motifs is 2. The zero-order valence-corrected chi connectivity index (χ0v) is 28.9. The van der Waals surface area contributed by atoms with E-state index < -0.39 is 29.2 Å². The van der Waals surface area contributed by atoms with Gasteiger partial charge in [0.2, 0.25) is 0 Å². The van der Waals surface area contributed by atoms with Crippen molar-refractivity contribution >= 4 is 75.2 Å². The lowest BCUT2D eigenvalue weighted by Gasteiger charge is -2.50. The number of aliphatic carboxylic acids is 1. The maximum atomic E-state index is 15.1. The van der Waals surface area contributed by atoms with E-state index in [-0.39, 0.29) is 51.2 Å². The number of halogens is 2. The van der Waals surface area contributed by atoms with Crippen LogP contribution in [-0.2, 0) is 32.3 Å². The molecule has 0 bridgehead atoms. The highest BCUT2D eigenvalue weighted by molar-refractivity contribution is 8.00. The monoisotopic (exact) mass is 740 g/mol. The maximum absolute atomic E-state index is 15.1. The van der Waals surface area contributed by atoms with Gasteiger partial charge in [0.05, 0.1) is 36.7 Å². The van der Waals surface area contributed by atoms with Crippen molar-refractivity contribution in [3.8, 4) is 0 Å². The van der Waals surface area contributed by atoms with Crippen LogP contribution in [0, 0.1) is 5.82 Å². The second kappa shape index (κ2) is 13.8. The van der Waals surface area contributed by atoms with Gasteiger partial charge in [-0.05, 0) is 30.0 Å². The first-order chi connectivity index (χ1) is 24.1. The third-order valence-electron chi connectivity index (χ3n) is 8.56. The van der Waals surface area contributed by atoms with Crippen molar-refractivity contribution in [2.24, 2.45) is 10.3 Å². The molecular formula is C31H30ClFN10O5S2. The first-order valence-corrected chi connectivity index (χ1v) is 17.7. The largest absolute Gasteiger partial charge is 0.543 e. The molecule has 19 heteroatoms. The van der Waals surface area contributed by atoms with E-state index in [0.29, 0.717) is 16.7 Å². The number of nitrogen functional groups attached to an aromatic ring is 1. The van der Waals surface area contributed by atoms with Crippen LogP contribution in [0.25, 0.3) is 5.65 Å². The molecule has 7 rings (SSSR count). The molecule has 3 N–H and O–H groups in total. The fourth-order valence-electron chi connectivity index (χ4n) is 6.17. The lowest BCUT2D eigenvalue weighted by Crippen LogP contribution is -2.71. The normalized spacial score (nSPS) is 19.4. The molecule has 0 radical (unpaired) electrons. The number of hydrazone groups is 1. The van der Waals surface area contributed by atoms with Crippen LogP contribution < -0.4 is 20.7 Å². The summed E-state index contributed by atoms with van der Waals surface area (Å²) in [5.41, 5.74) is 7.56. The number of carboxylic acids is 1. The number of thioether (sulfide) groups is 1. The molecule has 0 spiro atoms. The van der Waals surface area contributed by atoms with Crippen LogP contribution in [0.3, 0.4) is 0 Å². The van der Waals surface area contributed by atoms with Crippen LogP contribution in [0.2, 0.25) is 4.34 Å². The van der Waals surface area contributed by atoms with Crippen molar-refractivity contribution < 1.29 is 33.3 Å². The summed E-state index contributed by atoms with van der Waals surface area (Å²) in [5.74, 6) is -3.02. The molecule has 0 unspecified atom stereocenters. The molecule has 3 aliphatic rings. The highest BCUT2D eigenvalue weighted by atomic mass is 35.5. The number of nitrogens with one attached hydrogen (secondary N) is 1. The van der Waals surface area contributed by atoms with E-state index in [1.807, 2.05) is 32.4 Å². The Morgan fingerprint density at radius 3 is 2.78 bits per heavy atom. The second-order valence-corrected chi connectivity index (χ2v) is 14.4. The van der Waals surface area contributed by atoms with E-state index >= 15 is 4.39 Å². The zero-order chi connectivity index (χ0) is 35.1. The summed E-state index contributed by atoms with van der Waals surface area (Å²) in [6.45, 7) is 2.23. The van der Waals surface area contributed by atoms with Crippen LogP contribution in [0.5, 0.6) is 0 Å². The molecule has 2 fully saturated rings. The number of amides is 2. The van der Waals surface area contributed by atoms with Crippen LogP contribution in [0.4, 0.5) is 9.52 Å². The summed E-state index contributed by atoms with van der Waals surface area (Å²) in [7, 11) is 1.24. The van der Waals surface area contributed by atoms with Crippen molar-refractivity contribution in [2.75, 3.05) is 31.7 Å². The number of anilines is 1. The number of aromatic nitrogens is 4. The predicted molar refractivity (Wildman–Crippen MR) is 182 cm³/mol. The number of hydrogen-bond donors (Lipinski definition) is 2. The number of hydrogen-bond acceptors (Lipinski definition) is 12. The molecule has 0 saturated carbocycles. The number of carbonyl (C=O) groups excluding carboxylic acids is 3. The molecule has 260 valence electrons. The summed E-state index contributed by atoms with van der Waals surface area (Å²) in [6, 6.07) is 5.85. The summed E-state index contributed by atoms with van der Waals surface area (Å²) in [6.07, 6.45) is 9.29. The second-order valence-electron chi connectivity index (χ2n) is 11.7. The number of nitrogens with zero attached hydrogens (tertiary/aromatic N) is 8. The number of oxime groups is 1. The lowest BCUT2D eigenvalue weighted by molar-refractivity contribution is -0.662. The molecule has 0 aliphatic carbocycles. The van der Waals surface area contributed by atoms with Gasteiger partial charge >= 0.3 is 5.65 Å². The Bertz CT molecular complexity index is 2100. The molecule has 2 atom stereocenters. The Kier molecular flexibility index (Phi) is 9.23. The number of imidazole rings is 1. The van der Waals surface area contributed by atoms with Crippen LogP contribution >= 0.6 is 34.7 Å². The molecule has 3 aromatic heterocycles. The molecule has 2 amide bonds. The Hall–Kier alpha value is -4.94. The molecular weight excluding hydrogens is 711 g/mol. The summed E-state index contributed by atoms with van der Waals surface area (Å²) in [5, 5.41) is 24.6. The van der Waals surface area contributed by atoms with Crippen molar-refractivity contribution in [3.63, 3.8) is 0 Å². The van der Waals surface area contributed by atoms with Crippen LogP contribution in [-0.4, -0.2) is 91.2 Å². The van der Waals surface area contributed by atoms with Gasteiger partial charge < -0.3 is 25.8 Å². The highest BCUT2D eigenvalue weighted by Crippen LogP contribution is 2.40. The average molecular weight is 741 g/mol. The number of carboxylic acid groups (broad SMARTS) is 1. The summed E-state index contributed by atoms with van der Waals surface area (Å²) >= 11 is 8.41. The number of β-lactam (4-membered cyclic amide) rings is 1. The Morgan fingerprint density at radius 1 is 1.28 bits per heavy atom. The zero-order valence-electron chi connectivity index (χ0n) is 26.5. The van der Waals surface area contributed by atoms with Gasteiger partial charge in [-0.25, -0.2) is 18.6 Å². The van der Waals surface area contributed by atoms with Crippen LogP contribution in [0.1, 0.15) is 29.7 Å². The van der Waals surface area contributed by atoms with E-state index in [4.69, 9.17) is 22.2 Å². The van der Waals surface area contributed by atoms with E-state index in [0.717, 1.165) is 47.8 Å². The average Bonchev–Trinajstić information content (AvgIpc) is 3.90. The van der Waals surface area contributed by atoms with Crippen molar-refractivity contribution in [1.29, 1.82) is 0 Å². The van der Waals surface area contributed by atoms with Gasteiger partial charge in [0.15, 0.2) is 17.0 Å². The van der Waals surface area contributed by atoms with Gasteiger partial charge in [-0.2, -0.15) is 5.10 Å². The molecule has 50 heavy (non-hydrogen) atoms. The van der Waals surface area contributed by atoms with Crippen molar-refractivity contribution in [1.82, 2.24) is 29.4 Å². The molecule has 3 aliphatic heterocycles. The minimum Gasteiger partial charge on any atom is -0.543 e. The lowest BCUT2D eigenvalue weighted by atomic mass is 10.0. The Labute approximate surface area is 297 Å². The molecule has 15 nitrogen and oxygen atoms in total. The number of nitrogens with two attached hydrogens (primary N) is 1. The summed E-state index contributed by atoms with van der Waals surface area (Å²) in [4.78, 5) is 48.8. The molecule has 4 aromatic rings. The van der Waals surface area contributed by atoms with Gasteiger partial charge in [-0.15, -0.1) is 16.3 Å². The first-order valence-electron chi connectivity index (χ1n) is 15.5.